The minimum Gasteiger partial charge on any atom is -0.378 e. The Morgan fingerprint density at radius 1 is 1.29 bits per heavy atom. The van der Waals surface area contributed by atoms with Gasteiger partial charge in [0.2, 0.25) is 0 Å². The fourth-order valence-electron chi connectivity index (χ4n) is 3.96. The van der Waals surface area contributed by atoms with Gasteiger partial charge in [0.25, 0.3) is 0 Å². The van der Waals surface area contributed by atoms with Crippen LogP contribution in [-0.2, 0) is 4.74 Å². The number of fused-ring (bicyclic) bond motifs is 1. The van der Waals surface area contributed by atoms with E-state index in [4.69, 9.17) is 15.1 Å². The number of nitrogens with one attached hydrogen (secondary N) is 1. The zero-order chi connectivity index (χ0) is 22.2. The van der Waals surface area contributed by atoms with Gasteiger partial charge in [-0.2, -0.15) is 13.2 Å². The van der Waals surface area contributed by atoms with E-state index in [1.165, 1.54) is 13.0 Å². The van der Waals surface area contributed by atoms with E-state index >= 15 is 0 Å². The van der Waals surface area contributed by atoms with Crippen LogP contribution in [0, 0.1) is 10.8 Å². The minimum absolute atomic E-state index is 0.126. The molecule has 0 unspecified atom stereocenters. The summed E-state index contributed by atoms with van der Waals surface area (Å²) in [7, 11) is 0. The van der Waals surface area contributed by atoms with Gasteiger partial charge in [-0.25, -0.2) is 4.98 Å². The van der Waals surface area contributed by atoms with Crippen LogP contribution in [0.3, 0.4) is 0 Å². The van der Waals surface area contributed by atoms with Crippen LogP contribution in [0.15, 0.2) is 29.4 Å². The first-order chi connectivity index (χ1) is 14.8. The molecular weight excluding hydrogens is 409 g/mol. The number of alkyl halides is 3. The van der Waals surface area contributed by atoms with Gasteiger partial charge in [-0.15, -0.1) is 0 Å². The lowest BCUT2D eigenvalue weighted by atomic mass is 9.80. The molecule has 2 aromatic rings. The Hall–Kier alpha value is -3.01. The molecule has 0 amide bonds. The average molecular weight is 432 g/mol. The molecule has 0 bridgehead atoms. The van der Waals surface area contributed by atoms with Crippen LogP contribution in [0.2, 0.25) is 0 Å². The average Bonchev–Trinajstić information content (AvgIpc) is 2.74. The summed E-state index contributed by atoms with van der Waals surface area (Å²) in [6.45, 7) is 6.93. The van der Waals surface area contributed by atoms with E-state index in [1.807, 2.05) is 11.0 Å². The minimum atomic E-state index is -4.27. The molecule has 31 heavy (non-hydrogen) atoms. The molecule has 1 N–H and O–H groups in total. The summed E-state index contributed by atoms with van der Waals surface area (Å²) in [6.07, 6.45) is -0.148. The maximum absolute atomic E-state index is 13.4. The highest BCUT2D eigenvalue weighted by Gasteiger charge is 2.58. The van der Waals surface area contributed by atoms with E-state index in [-0.39, 0.29) is 13.1 Å². The van der Waals surface area contributed by atoms with Crippen LogP contribution >= 0.6 is 0 Å². The van der Waals surface area contributed by atoms with E-state index in [9.17, 15) is 13.2 Å². The second-order valence-electron chi connectivity index (χ2n) is 7.95. The number of hydrogen-bond acceptors (Lipinski definition) is 7. The fraction of sp³-hybridized carbons (Fsp3) is 0.429. The van der Waals surface area contributed by atoms with Crippen molar-refractivity contribution in [2.75, 3.05) is 49.2 Å². The molecule has 0 aromatic carbocycles. The molecule has 2 saturated heterocycles. The number of nitrogens with zero attached hydrogens (tertiary/aromatic N) is 5. The Morgan fingerprint density at radius 3 is 2.61 bits per heavy atom. The van der Waals surface area contributed by atoms with Crippen molar-refractivity contribution >= 4 is 41.0 Å². The third kappa shape index (κ3) is 3.76. The number of hydrogen-bond donors (Lipinski definition) is 1. The van der Waals surface area contributed by atoms with Gasteiger partial charge in [0, 0.05) is 50.0 Å². The summed E-state index contributed by atoms with van der Waals surface area (Å²) in [4.78, 5) is 16.9. The molecule has 2 aliphatic rings. The van der Waals surface area contributed by atoms with Gasteiger partial charge in [0.15, 0.2) is 0 Å². The maximum atomic E-state index is 13.4. The van der Waals surface area contributed by atoms with Gasteiger partial charge in [0.05, 0.1) is 30.0 Å². The molecule has 10 heteroatoms. The summed E-state index contributed by atoms with van der Waals surface area (Å²) in [5, 5.41) is 8.06. The highest BCUT2D eigenvalue weighted by atomic mass is 19.4. The highest BCUT2D eigenvalue weighted by molar-refractivity contribution is 6.00. The van der Waals surface area contributed by atoms with Crippen LogP contribution in [0.5, 0.6) is 0 Å². The molecule has 2 fully saturated rings. The van der Waals surface area contributed by atoms with Gasteiger partial charge >= 0.3 is 6.18 Å². The molecule has 2 aliphatic heterocycles. The first kappa shape index (κ1) is 21.2. The van der Waals surface area contributed by atoms with Crippen LogP contribution in [0.25, 0.3) is 16.6 Å². The maximum Gasteiger partial charge on any atom is 0.397 e. The summed E-state index contributed by atoms with van der Waals surface area (Å²) in [6, 6.07) is 3.59. The number of pyridine rings is 2. The Bertz CT molecular complexity index is 1040. The normalized spacial score (nSPS) is 19.3. The van der Waals surface area contributed by atoms with Crippen molar-refractivity contribution in [2.24, 2.45) is 10.4 Å². The molecule has 0 atom stereocenters. The van der Waals surface area contributed by atoms with Crippen molar-refractivity contribution in [3.05, 3.63) is 30.1 Å². The Morgan fingerprint density at radius 2 is 2.00 bits per heavy atom. The first-order valence-electron chi connectivity index (χ1n) is 9.89. The van der Waals surface area contributed by atoms with Crippen molar-refractivity contribution in [3.63, 3.8) is 0 Å². The van der Waals surface area contributed by atoms with Gasteiger partial charge < -0.3 is 19.9 Å². The lowest BCUT2D eigenvalue weighted by molar-refractivity contribution is -0.225. The number of aliphatic imine (C=N–C) groups is 1. The quantitative estimate of drug-likeness (QED) is 0.732. The molecule has 2 aromatic heterocycles. The monoisotopic (exact) mass is 432 g/mol. The smallest absolute Gasteiger partial charge is 0.378 e. The third-order valence-electron chi connectivity index (χ3n) is 5.79. The summed E-state index contributed by atoms with van der Waals surface area (Å²) < 4.78 is 45.7. The highest BCUT2D eigenvalue weighted by Crippen LogP contribution is 2.48. The van der Waals surface area contributed by atoms with Crippen LogP contribution in [0.1, 0.15) is 12.6 Å². The number of morpholine rings is 1. The van der Waals surface area contributed by atoms with Gasteiger partial charge in [-0.05, 0) is 25.8 Å². The van der Waals surface area contributed by atoms with E-state index in [0.717, 1.165) is 6.21 Å². The lowest BCUT2D eigenvalue weighted by Gasteiger charge is -2.50. The number of halogens is 3. The summed E-state index contributed by atoms with van der Waals surface area (Å²) >= 11 is 0. The summed E-state index contributed by atoms with van der Waals surface area (Å²) in [5.74, 6) is 0.652. The summed E-state index contributed by atoms with van der Waals surface area (Å²) in [5.41, 5.74) is 0.261. The van der Waals surface area contributed by atoms with Crippen molar-refractivity contribution in [3.8, 4) is 0 Å². The van der Waals surface area contributed by atoms with E-state index in [2.05, 4.69) is 16.7 Å². The second-order valence-corrected chi connectivity index (χ2v) is 7.95. The van der Waals surface area contributed by atoms with Crippen molar-refractivity contribution in [1.82, 2.24) is 9.97 Å². The Balaban J connectivity index is 1.85. The number of anilines is 2. The topological polar surface area (TPSA) is 77.7 Å². The Labute approximate surface area is 177 Å². The number of rotatable bonds is 5. The largest absolute Gasteiger partial charge is 0.397 e. The van der Waals surface area contributed by atoms with E-state index < -0.39 is 11.6 Å². The standard InChI is InChI=1S/C21H23F3N6O/c1-20(21(22,23)24)12-30(13-20)16-11-17(29-7-9-31-10-8-29)28-18-14(16)4-6-27-19(18)15(26-2)3-5-25/h3-6,11,25H,2,7-10,12-13H2,1H3/b15-3-,25-5?. The van der Waals surface area contributed by atoms with Gasteiger partial charge in [-0.1, -0.05) is 0 Å². The molecule has 4 rings (SSSR count). The molecule has 0 aliphatic carbocycles. The molecule has 164 valence electrons. The molecule has 7 nitrogen and oxygen atoms in total. The van der Waals surface area contributed by atoms with Gasteiger partial charge in [-0.3, -0.25) is 9.98 Å². The lowest BCUT2D eigenvalue weighted by Crippen LogP contribution is -2.62. The SMILES string of the molecule is C=N/C(=C\C=N)c1nccc2c(N3CC(C)(C(F)(F)F)C3)cc(N3CCOCC3)nc12. The van der Waals surface area contributed by atoms with Crippen LogP contribution in [0.4, 0.5) is 24.7 Å². The molecule has 4 heterocycles. The van der Waals surface area contributed by atoms with Crippen LogP contribution in [-0.4, -0.2) is 68.5 Å². The van der Waals surface area contributed by atoms with Crippen molar-refractivity contribution in [2.45, 2.75) is 13.1 Å². The van der Waals surface area contributed by atoms with E-state index in [1.54, 1.807) is 17.2 Å². The van der Waals surface area contributed by atoms with Crippen LogP contribution < -0.4 is 9.80 Å². The predicted octanol–water partition coefficient (Wildman–Crippen LogP) is 3.55. The fourth-order valence-corrected chi connectivity index (χ4v) is 3.96. The van der Waals surface area contributed by atoms with Crippen molar-refractivity contribution in [1.29, 1.82) is 5.41 Å². The van der Waals surface area contributed by atoms with Gasteiger partial charge in [0.1, 0.15) is 17.0 Å². The predicted molar refractivity (Wildman–Crippen MR) is 115 cm³/mol. The third-order valence-corrected chi connectivity index (χ3v) is 5.79. The zero-order valence-corrected chi connectivity index (χ0v) is 17.1. The van der Waals surface area contributed by atoms with Crippen molar-refractivity contribution < 1.29 is 17.9 Å². The number of ether oxygens (including phenoxy) is 1. The first-order valence-corrected chi connectivity index (χ1v) is 9.89. The molecule has 0 radical (unpaired) electrons. The zero-order valence-electron chi connectivity index (χ0n) is 17.1. The molecular formula is C21H23F3N6O. The molecule has 0 spiro atoms. The number of aromatic nitrogens is 2. The second kappa shape index (κ2) is 7.92. The van der Waals surface area contributed by atoms with E-state index in [0.29, 0.717) is 60.1 Å². The molecule has 0 saturated carbocycles. The number of allylic oxidation sites excluding steroid dienone is 1. The Kier molecular flexibility index (Phi) is 5.42.